The monoisotopic (exact) mass is 259 g/mol. The lowest BCUT2D eigenvalue weighted by Crippen LogP contribution is -2.10. The van der Waals surface area contributed by atoms with Crippen LogP contribution in [0.5, 0.6) is 0 Å². The molecule has 0 amide bonds. The third kappa shape index (κ3) is 3.13. The van der Waals surface area contributed by atoms with E-state index in [4.69, 9.17) is 10.5 Å². The molecular weight excluding hydrogens is 242 g/mol. The van der Waals surface area contributed by atoms with E-state index in [0.29, 0.717) is 24.3 Å². The van der Waals surface area contributed by atoms with Gasteiger partial charge in [-0.25, -0.2) is 9.78 Å². The molecule has 0 saturated heterocycles. The second-order valence-corrected chi connectivity index (χ2v) is 4.41. The van der Waals surface area contributed by atoms with Crippen molar-refractivity contribution < 1.29 is 9.53 Å². The second kappa shape index (κ2) is 5.56. The Kier molecular flexibility index (Phi) is 3.85. The lowest BCUT2D eigenvalue weighted by molar-refractivity contribution is 0.0507. The number of benzene rings is 1. The molecule has 0 aliphatic rings. The molecule has 0 fully saturated rings. The predicted molar refractivity (Wildman–Crippen MR) is 72.8 cm³/mol. The molecule has 0 unspecified atom stereocenters. The van der Waals surface area contributed by atoms with E-state index in [9.17, 15) is 4.79 Å². The lowest BCUT2D eigenvalue weighted by Gasteiger charge is -2.06. The van der Waals surface area contributed by atoms with Crippen LogP contribution >= 0.6 is 0 Å². The van der Waals surface area contributed by atoms with E-state index in [0.717, 1.165) is 11.4 Å². The van der Waals surface area contributed by atoms with Gasteiger partial charge in [0.15, 0.2) is 0 Å². The Morgan fingerprint density at radius 1 is 1.47 bits per heavy atom. The van der Waals surface area contributed by atoms with Crippen molar-refractivity contribution in [3.8, 4) is 0 Å². The number of aromatic nitrogens is 2. The van der Waals surface area contributed by atoms with Crippen LogP contribution < -0.4 is 5.73 Å². The molecule has 5 heteroatoms. The van der Waals surface area contributed by atoms with Crippen molar-refractivity contribution in [2.75, 3.05) is 12.3 Å². The third-order valence-electron chi connectivity index (χ3n) is 2.99. The second-order valence-electron chi connectivity index (χ2n) is 4.41. The Hall–Kier alpha value is -2.30. The number of rotatable bonds is 4. The highest BCUT2D eigenvalue weighted by Crippen LogP contribution is 2.13. The SMILES string of the molecule is Cc1ccc(C(=O)OCCc2nccn2C)cc1N. The highest BCUT2D eigenvalue weighted by atomic mass is 16.5. The molecule has 0 spiro atoms. The number of imidazole rings is 1. The number of nitrogen functional groups attached to an aromatic ring is 1. The zero-order chi connectivity index (χ0) is 13.8. The van der Waals surface area contributed by atoms with Crippen molar-refractivity contribution in [2.45, 2.75) is 13.3 Å². The van der Waals surface area contributed by atoms with Crippen molar-refractivity contribution in [3.05, 3.63) is 47.5 Å². The van der Waals surface area contributed by atoms with Gasteiger partial charge < -0.3 is 15.0 Å². The summed E-state index contributed by atoms with van der Waals surface area (Å²) in [4.78, 5) is 16.0. The van der Waals surface area contributed by atoms with Crippen LogP contribution in [0.25, 0.3) is 0 Å². The van der Waals surface area contributed by atoms with Gasteiger partial charge in [0.05, 0.1) is 12.2 Å². The first kappa shape index (κ1) is 13.1. The van der Waals surface area contributed by atoms with E-state index < -0.39 is 0 Å². The molecule has 0 aliphatic carbocycles. The van der Waals surface area contributed by atoms with Gasteiger partial charge in [-0.05, 0) is 24.6 Å². The first-order valence-corrected chi connectivity index (χ1v) is 6.07. The minimum atomic E-state index is -0.360. The molecule has 19 heavy (non-hydrogen) atoms. The number of nitrogens with two attached hydrogens (primary N) is 1. The standard InChI is InChI=1S/C14H17N3O2/c1-10-3-4-11(9-12(10)15)14(18)19-8-5-13-16-6-7-17(13)2/h3-4,6-7,9H,5,8,15H2,1-2H3. The molecule has 0 atom stereocenters. The number of anilines is 1. The summed E-state index contributed by atoms with van der Waals surface area (Å²) in [6.07, 6.45) is 4.17. The van der Waals surface area contributed by atoms with Gasteiger partial charge in [-0.3, -0.25) is 0 Å². The summed E-state index contributed by atoms with van der Waals surface area (Å²) < 4.78 is 7.10. The fraction of sp³-hybridized carbons (Fsp3) is 0.286. The minimum Gasteiger partial charge on any atom is -0.462 e. The molecule has 2 N–H and O–H groups in total. The van der Waals surface area contributed by atoms with Gasteiger partial charge in [0, 0.05) is 31.5 Å². The summed E-state index contributed by atoms with van der Waals surface area (Å²) in [6.45, 7) is 2.20. The zero-order valence-electron chi connectivity index (χ0n) is 11.1. The highest BCUT2D eigenvalue weighted by molar-refractivity contribution is 5.90. The molecule has 2 rings (SSSR count). The lowest BCUT2D eigenvalue weighted by atomic mass is 10.1. The van der Waals surface area contributed by atoms with Crippen LogP contribution in [-0.2, 0) is 18.2 Å². The van der Waals surface area contributed by atoms with Crippen LogP contribution in [0.4, 0.5) is 5.69 Å². The summed E-state index contributed by atoms with van der Waals surface area (Å²) in [5.74, 6) is 0.525. The molecule has 0 radical (unpaired) electrons. The van der Waals surface area contributed by atoms with E-state index in [1.54, 1.807) is 18.3 Å². The maximum atomic E-state index is 11.8. The van der Waals surface area contributed by atoms with Crippen molar-refractivity contribution in [1.82, 2.24) is 9.55 Å². The summed E-state index contributed by atoms with van der Waals surface area (Å²) >= 11 is 0. The summed E-state index contributed by atoms with van der Waals surface area (Å²) in [7, 11) is 1.91. The fourth-order valence-corrected chi connectivity index (χ4v) is 1.72. The third-order valence-corrected chi connectivity index (χ3v) is 2.99. The van der Waals surface area contributed by atoms with E-state index in [2.05, 4.69) is 4.98 Å². The summed E-state index contributed by atoms with van der Waals surface area (Å²) in [5.41, 5.74) is 7.78. The molecule has 1 heterocycles. The van der Waals surface area contributed by atoms with Gasteiger partial charge >= 0.3 is 5.97 Å². The quantitative estimate of drug-likeness (QED) is 0.670. The molecule has 5 nitrogen and oxygen atoms in total. The largest absolute Gasteiger partial charge is 0.462 e. The number of ether oxygens (including phenoxy) is 1. The van der Waals surface area contributed by atoms with Crippen LogP contribution in [0.2, 0.25) is 0 Å². The van der Waals surface area contributed by atoms with Gasteiger partial charge in [0.25, 0.3) is 0 Å². The van der Waals surface area contributed by atoms with Crippen molar-refractivity contribution in [2.24, 2.45) is 7.05 Å². The molecule has 100 valence electrons. The zero-order valence-corrected chi connectivity index (χ0v) is 11.1. The Morgan fingerprint density at radius 2 is 2.26 bits per heavy atom. The Balaban J connectivity index is 1.91. The Labute approximate surface area is 112 Å². The van der Waals surface area contributed by atoms with Crippen molar-refractivity contribution >= 4 is 11.7 Å². The highest BCUT2D eigenvalue weighted by Gasteiger charge is 2.09. The van der Waals surface area contributed by atoms with E-state index in [1.807, 2.05) is 30.8 Å². The van der Waals surface area contributed by atoms with Gasteiger partial charge in [-0.15, -0.1) is 0 Å². The minimum absolute atomic E-state index is 0.303. The van der Waals surface area contributed by atoms with Crippen molar-refractivity contribution in [1.29, 1.82) is 0 Å². The fourth-order valence-electron chi connectivity index (χ4n) is 1.72. The summed E-state index contributed by atoms with van der Waals surface area (Å²) in [6, 6.07) is 5.16. The number of nitrogens with zero attached hydrogens (tertiary/aromatic N) is 2. The van der Waals surface area contributed by atoms with E-state index in [-0.39, 0.29) is 5.97 Å². The van der Waals surface area contributed by atoms with Crippen LogP contribution in [0.3, 0.4) is 0 Å². The molecular formula is C14H17N3O2. The van der Waals surface area contributed by atoms with Crippen LogP contribution in [0, 0.1) is 6.92 Å². The van der Waals surface area contributed by atoms with Crippen LogP contribution in [0.1, 0.15) is 21.7 Å². The number of hydrogen-bond acceptors (Lipinski definition) is 4. The summed E-state index contributed by atoms with van der Waals surface area (Å²) in [5, 5.41) is 0. The average Bonchev–Trinajstić information content (AvgIpc) is 2.78. The van der Waals surface area contributed by atoms with Crippen LogP contribution in [0.15, 0.2) is 30.6 Å². The van der Waals surface area contributed by atoms with Gasteiger partial charge in [-0.2, -0.15) is 0 Å². The topological polar surface area (TPSA) is 70.1 Å². The number of carbonyl (C=O) groups is 1. The van der Waals surface area contributed by atoms with Gasteiger partial charge in [0.1, 0.15) is 5.82 Å². The first-order chi connectivity index (χ1) is 9.08. The maximum Gasteiger partial charge on any atom is 0.338 e. The Morgan fingerprint density at radius 3 is 2.89 bits per heavy atom. The molecule has 1 aromatic heterocycles. The first-order valence-electron chi connectivity index (χ1n) is 6.07. The normalized spacial score (nSPS) is 10.4. The maximum absolute atomic E-state index is 11.8. The number of esters is 1. The van der Waals surface area contributed by atoms with Gasteiger partial charge in [-0.1, -0.05) is 6.07 Å². The average molecular weight is 259 g/mol. The smallest absolute Gasteiger partial charge is 0.338 e. The molecule has 2 aromatic rings. The molecule has 0 saturated carbocycles. The number of hydrogen-bond donors (Lipinski definition) is 1. The van der Waals surface area contributed by atoms with Crippen LogP contribution in [-0.4, -0.2) is 22.1 Å². The molecule has 0 aliphatic heterocycles. The number of aryl methyl sites for hydroxylation is 2. The predicted octanol–water partition coefficient (Wildman–Crippen LogP) is 1.71. The van der Waals surface area contributed by atoms with E-state index in [1.165, 1.54) is 0 Å². The molecule has 1 aromatic carbocycles. The number of carbonyl (C=O) groups excluding carboxylic acids is 1. The van der Waals surface area contributed by atoms with Gasteiger partial charge in [0.2, 0.25) is 0 Å². The molecule has 0 bridgehead atoms. The van der Waals surface area contributed by atoms with Crippen molar-refractivity contribution in [3.63, 3.8) is 0 Å². The Bertz CT molecular complexity index is 590. The van der Waals surface area contributed by atoms with E-state index >= 15 is 0 Å².